The van der Waals surface area contributed by atoms with Crippen molar-refractivity contribution in [2.24, 2.45) is 0 Å². The van der Waals surface area contributed by atoms with Crippen LogP contribution in [0.1, 0.15) is 25.7 Å². The third kappa shape index (κ3) is 3.76. The fraction of sp³-hybridized carbons (Fsp3) is 0.429. The molecule has 23 heavy (non-hydrogen) atoms. The molecule has 0 unspecified atom stereocenters. The van der Waals surface area contributed by atoms with Crippen LogP contribution in [0.25, 0.3) is 21.8 Å². The van der Waals surface area contributed by atoms with Crippen molar-refractivity contribution in [1.82, 2.24) is 4.57 Å². The molecule has 0 bridgehead atoms. The maximum absolute atomic E-state index is 2.50. The molecule has 0 radical (unpaired) electrons. The van der Waals surface area contributed by atoms with E-state index >= 15 is 0 Å². The van der Waals surface area contributed by atoms with E-state index in [1.807, 2.05) is 0 Å². The lowest BCUT2D eigenvalue weighted by atomic mass is 10.2. The molecule has 0 aliphatic carbocycles. The van der Waals surface area contributed by atoms with Gasteiger partial charge in [0.05, 0.1) is 27.7 Å². The van der Waals surface area contributed by atoms with Crippen LogP contribution in [0.4, 0.5) is 0 Å². The van der Waals surface area contributed by atoms with Gasteiger partial charge in [0.1, 0.15) is 0 Å². The highest BCUT2D eigenvalue weighted by atomic mass is 15.3. The first-order valence-electron chi connectivity index (χ1n) is 8.83. The molecule has 0 amide bonds. The van der Waals surface area contributed by atoms with E-state index in [0.29, 0.717) is 0 Å². The zero-order chi connectivity index (χ0) is 16.3. The molecule has 3 rings (SSSR count). The Morgan fingerprint density at radius 1 is 0.696 bits per heavy atom. The lowest BCUT2D eigenvalue weighted by Gasteiger charge is -2.23. The standard InChI is InChI=1S/C21H29N2/c1-23(2,3)17-11-5-4-10-16-22-20-14-8-6-12-18(20)19-13-7-9-15-21(19)22/h6-9,12-15H,4-5,10-11,16-17H2,1-3H3/q+1. The van der Waals surface area contributed by atoms with Gasteiger partial charge in [-0.05, 0) is 31.4 Å². The maximum atomic E-state index is 2.50. The fourth-order valence-electron chi connectivity index (χ4n) is 3.45. The number of para-hydroxylation sites is 2. The van der Waals surface area contributed by atoms with Crippen LogP contribution in [0, 0.1) is 0 Å². The zero-order valence-electron chi connectivity index (χ0n) is 14.8. The van der Waals surface area contributed by atoms with Crippen molar-refractivity contribution >= 4 is 21.8 Å². The number of rotatable bonds is 7. The van der Waals surface area contributed by atoms with Gasteiger partial charge in [0.25, 0.3) is 0 Å². The molecule has 1 heterocycles. The Morgan fingerprint density at radius 2 is 1.22 bits per heavy atom. The molecule has 0 aliphatic rings. The van der Waals surface area contributed by atoms with Crippen LogP contribution < -0.4 is 0 Å². The predicted octanol–water partition coefficient (Wildman–Crippen LogP) is 5.06. The highest BCUT2D eigenvalue weighted by Crippen LogP contribution is 2.29. The summed E-state index contributed by atoms with van der Waals surface area (Å²) in [6.07, 6.45) is 5.25. The molecule has 3 aromatic rings. The third-order valence-electron chi connectivity index (χ3n) is 4.64. The number of benzene rings is 2. The second kappa shape index (κ2) is 6.76. The summed E-state index contributed by atoms with van der Waals surface area (Å²) >= 11 is 0. The number of nitrogens with zero attached hydrogens (tertiary/aromatic N) is 2. The second-order valence-electron chi connectivity index (χ2n) is 7.61. The molecule has 0 atom stereocenters. The first-order chi connectivity index (χ1) is 11.1. The van der Waals surface area contributed by atoms with Gasteiger partial charge in [0, 0.05) is 28.4 Å². The summed E-state index contributed by atoms with van der Waals surface area (Å²) in [4.78, 5) is 0. The molecular formula is C21H29N2+. The van der Waals surface area contributed by atoms with Crippen molar-refractivity contribution in [1.29, 1.82) is 0 Å². The fourth-order valence-corrected chi connectivity index (χ4v) is 3.45. The topological polar surface area (TPSA) is 4.93 Å². The van der Waals surface area contributed by atoms with E-state index in [1.165, 1.54) is 54.0 Å². The number of aryl methyl sites for hydroxylation is 1. The summed E-state index contributed by atoms with van der Waals surface area (Å²) in [5, 5.41) is 2.77. The van der Waals surface area contributed by atoms with Crippen molar-refractivity contribution in [2.75, 3.05) is 27.7 Å². The van der Waals surface area contributed by atoms with Crippen molar-refractivity contribution in [3.63, 3.8) is 0 Å². The van der Waals surface area contributed by atoms with Crippen LogP contribution in [0.5, 0.6) is 0 Å². The summed E-state index contributed by atoms with van der Waals surface area (Å²) in [6.45, 7) is 2.40. The van der Waals surface area contributed by atoms with Gasteiger partial charge in [0.2, 0.25) is 0 Å². The molecule has 0 N–H and O–H groups in total. The van der Waals surface area contributed by atoms with Gasteiger partial charge in [-0.1, -0.05) is 42.8 Å². The van der Waals surface area contributed by atoms with Crippen LogP contribution in [0.2, 0.25) is 0 Å². The van der Waals surface area contributed by atoms with Crippen LogP contribution in [0.15, 0.2) is 48.5 Å². The minimum Gasteiger partial charge on any atom is -0.340 e. The molecular weight excluding hydrogens is 280 g/mol. The Hall–Kier alpha value is -1.80. The summed E-state index contributed by atoms with van der Waals surface area (Å²) in [6, 6.07) is 17.6. The van der Waals surface area contributed by atoms with Crippen molar-refractivity contribution < 1.29 is 4.48 Å². The van der Waals surface area contributed by atoms with Gasteiger partial charge in [-0.3, -0.25) is 0 Å². The Kier molecular flexibility index (Phi) is 4.72. The molecule has 1 aromatic heterocycles. The number of hydrogen-bond acceptors (Lipinski definition) is 0. The number of hydrogen-bond donors (Lipinski definition) is 0. The molecule has 0 saturated heterocycles. The maximum Gasteiger partial charge on any atom is 0.0780 e. The molecule has 2 nitrogen and oxygen atoms in total. The molecule has 0 aliphatic heterocycles. The number of fused-ring (bicyclic) bond motifs is 3. The van der Waals surface area contributed by atoms with E-state index in [2.05, 4.69) is 74.2 Å². The van der Waals surface area contributed by atoms with Crippen LogP contribution >= 0.6 is 0 Å². The highest BCUT2D eigenvalue weighted by molar-refractivity contribution is 6.07. The van der Waals surface area contributed by atoms with Gasteiger partial charge in [0.15, 0.2) is 0 Å². The molecule has 0 spiro atoms. The summed E-state index contributed by atoms with van der Waals surface area (Å²) in [5.74, 6) is 0. The van der Waals surface area contributed by atoms with Gasteiger partial charge < -0.3 is 9.05 Å². The summed E-state index contributed by atoms with van der Waals surface area (Å²) in [5.41, 5.74) is 2.75. The first-order valence-corrected chi connectivity index (χ1v) is 8.83. The van der Waals surface area contributed by atoms with E-state index < -0.39 is 0 Å². The Balaban J connectivity index is 1.68. The SMILES string of the molecule is C[N+](C)(C)CCCCCCn1c2ccccc2c2ccccc21. The van der Waals surface area contributed by atoms with Crippen LogP contribution in [-0.4, -0.2) is 36.7 Å². The quantitative estimate of drug-likeness (QED) is 0.424. The van der Waals surface area contributed by atoms with E-state index in [0.717, 1.165) is 11.0 Å². The minimum atomic E-state index is 1.08. The first kappa shape index (κ1) is 16.1. The normalized spacial score (nSPS) is 12.3. The average molecular weight is 309 g/mol. The Labute approximate surface area is 139 Å². The molecule has 2 aromatic carbocycles. The van der Waals surface area contributed by atoms with E-state index in [-0.39, 0.29) is 0 Å². The number of aromatic nitrogens is 1. The molecule has 0 saturated carbocycles. The smallest absolute Gasteiger partial charge is 0.0780 e. The summed E-state index contributed by atoms with van der Waals surface area (Å²) in [7, 11) is 6.83. The molecule has 0 fully saturated rings. The monoisotopic (exact) mass is 309 g/mol. The molecule has 122 valence electrons. The van der Waals surface area contributed by atoms with Crippen molar-refractivity contribution in [3.8, 4) is 0 Å². The minimum absolute atomic E-state index is 1.08. The lowest BCUT2D eigenvalue weighted by molar-refractivity contribution is -0.870. The number of quaternary nitrogens is 1. The van der Waals surface area contributed by atoms with Crippen molar-refractivity contribution in [3.05, 3.63) is 48.5 Å². The van der Waals surface area contributed by atoms with E-state index in [9.17, 15) is 0 Å². The van der Waals surface area contributed by atoms with Gasteiger partial charge >= 0.3 is 0 Å². The summed E-state index contributed by atoms with van der Waals surface area (Å²) < 4.78 is 3.58. The predicted molar refractivity (Wildman–Crippen MR) is 101 cm³/mol. The van der Waals surface area contributed by atoms with Crippen molar-refractivity contribution in [2.45, 2.75) is 32.2 Å². The van der Waals surface area contributed by atoms with Gasteiger partial charge in [-0.2, -0.15) is 0 Å². The van der Waals surface area contributed by atoms with Gasteiger partial charge in [-0.15, -0.1) is 0 Å². The largest absolute Gasteiger partial charge is 0.340 e. The highest BCUT2D eigenvalue weighted by Gasteiger charge is 2.09. The van der Waals surface area contributed by atoms with E-state index in [1.54, 1.807) is 0 Å². The molecule has 2 heteroatoms. The van der Waals surface area contributed by atoms with Crippen LogP contribution in [-0.2, 0) is 6.54 Å². The van der Waals surface area contributed by atoms with E-state index in [4.69, 9.17) is 0 Å². The Bertz CT molecular complexity index is 724. The number of unbranched alkanes of at least 4 members (excludes halogenated alkanes) is 3. The third-order valence-corrected chi connectivity index (χ3v) is 4.64. The van der Waals surface area contributed by atoms with Gasteiger partial charge in [-0.25, -0.2) is 0 Å². The van der Waals surface area contributed by atoms with Crippen LogP contribution in [0.3, 0.4) is 0 Å². The lowest BCUT2D eigenvalue weighted by Crippen LogP contribution is -2.35. The Morgan fingerprint density at radius 3 is 1.78 bits per heavy atom. The second-order valence-corrected chi connectivity index (χ2v) is 7.61. The average Bonchev–Trinajstić information content (AvgIpc) is 2.84. The zero-order valence-corrected chi connectivity index (χ0v) is 14.8.